The Morgan fingerprint density at radius 1 is 1.07 bits per heavy atom. The molecular weight excluding hydrogens is 366 g/mol. The van der Waals surface area contributed by atoms with Gasteiger partial charge in [-0.1, -0.05) is 49.6 Å². The van der Waals surface area contributed by atoms with Gasteiger partial charge in [-0.05, 0) is 18.4 Å². The molecule has 5 heteroatoms. The second-order valence-electron chi connectivity index (χ2n) is 9.83. The molecule has 2 heterocycles. The largest absolute Gasteiger partial charge is 0.459 e. The van der Waals surface area contributed by atoms with E-state index in [0.717, 1.165) is 49.4 Å². The highest BCUT2D eigenvalue weighted by atomic mass is 16.6. The van der Waals surface area contributed by atoms with Gasteiger partial charge in [0.2, 0.25) is 0 Å². The van der Waals surface area contributed by atoms with E-state index in [-0.39, 0.29) is 18.1 Å². The Balaban J connectivity index is 1.55. The first-order valence-electron chi connectivity index (χ1n) is 11.2. The number of benzene rings is 1. The van der Waals surface area contributed by atoms with E-state index in [1.165, 1.54) is 6.42 Å². The first-order valence-corrected chi connectivity index (χ1v) is 11.2. The number of piperidine rings is 1. The third-order valence-corrected chi connectivity index (χ3v) is 8.07. The Bertz CT molecular complexity index is 715. The molecular formula is C24H36NO4+. The average molecular weight is 403 g/mol. The minimum atomic E-state index is -1.55. The molecule has 1 aromatic carbocycles. The molecule has 5 nitrogen and oxygen atoms in total. The van der Waals surface area contributed by atoms with Gasteiger partial charge in [-0.15, -0.1) is 0 Å². The number of carbonyl (C=O) groups is 1. The molecule has 0 radical (unpaired) electrons. The number of methoxy groups -OCH3 is 1. The van der Waals surface area contributed by atoms with Gasteiger partial charge in [-0.2, -0.15) is 0 Å². The van der Waals surface area contributed by atoms with Crippen LogP contribution in [0.4, 0.5) is 0 Å². The maximum atomic E-state index is 13.5. The molecule has 3 unspecified atom stereocenters. The van der Waals surface area contributed by atoms with Crippen LogP contribution in [0.1, 0.15) is 56.9 Å². The van der Waals surface area contributed by atoms with Crippen LogP contribution in [-0.2, 0) is 19.9 Å². The lowest BCUT2D eigenvalue weighted by Gasteiger charge is -2.45. The van der Waals surface area contributed by atoms with Crippen molar-refractivity contribution in [1.82, 2.24) is 0 Å². The molecule has 3 aliphatic rings. The Morgan fingerprint density at radius 3 is 2.41 bits per heavy atom. The fourth-order valence-electron chi connectivity index (χ4n) is 6.18. The second-order valence-corrected chi connectivity index (χ2v) is 9.83. The van der Waals surface area contributed by atoms with Gasteiger partial charge in [0.15, 0.2) is 5.60 Å². The van der Waals surface area contributed by atoms with E-state index in [9.17, 15) is 9.90 Å². The smallest absolute Gasteiger partial charge is 0.343 e. The number of fused-ring (bicyclic) bond motifs is 2. The number of ether oxygens (including phenoxy) is 2. The highest BCUT2D eigenvalue weighted by Gasteiger charge is 2.57. The summed E-state index contributed by atoms with van der Waals surface area (Å²) in [6, 6.07) is 10.2. The van der Waals surface area contributed by atoms with Gasteiger partial charge in [0, 0.05) is 32.3 Å². The van der Waals surface area contributed by atoms with Crippen molar-refractivity contribution < 1.29 is 23.9 Å². The van der Waals surface area contributed by atoms with Crippen molar-refractivity contribution in [3.8, 4) is 0 Å². The lowest BCUT2D eigenvalue weighted by Crippen LogP contribution is -2.58. The van der Waals surface area contributed by atoms with Gasteiger partial charge < -0.3 is 19.1 Å². The summed E-state index contributed by atoms with van der Waals surface area (Å²) in [5, 5.41) is 11.8. The standard InChI is InChI=1S/C24H36NO4/c1-25(2)19-14-20(16-21(25)22(15-19)28-3)29-23(26)24(27,17-10-6-4-7-11-17)18-12-8-5-9-13-18/h4,6-7,10-11,18-22,27H,5,8-9,12-16H2,1-3H3/q+1/t19-,20?,21+,22?,24?/m1/s1. The molecule has 2 saturated heterocycles. The van der Waals surface area contributed by atoms with Gasteiger partial charge in [-0.3, -0.25) is 0 Å². The number of nitrogens with zero attached hydrogens (tertiary/aromatic N) is 1. The van der Waals surface area contributed by atoms with Gasteiger partial charge in [0.05, 0.1) is 20.1 Å². The number of hydrogen-bond donors (Lipinski definition) is 1. The Kier molecular flexibility index (Phi) is 5.75. The minimum absolute atomic E-state index is 0.0783. The molecule has 1 saturated carbocycles. The summed E-state index contributed by atoms with van der Waals surface area (Å²) in [7, 11) is 6.30. The monoisotopic (exact) mass is 402 g/mol. The number of esters is 1. The number of quaternary nitrogens is 1. The van der Waals surface area contributed by atoms with Gasteiger partial charge in [0.25, 0.3) is 0 Å². The minimum Gasteiger partial charge on any atom is -0.459 e. The first-order chi connectivity index (χ1) is 13.9. The normalized spacial score (nSPS) is 33.8. The van der Waals surface area contributed by atoms with Gasteiger partial charge in [-0.25, -0.2) is 4.79 Å². The lowest BCUT2D eigenvalue weighted by molar-refractivity contribution is -0.932. The van der Waals surface area contributed by atoms with Crippen LogP contribution in [-0.4, -0.2) is 61.1 Å². The zero-order chi connectivity index (χ0) is 20.6. The van der Waals surface area contributed by atoms with E-state index in [1.807, 2.05) is 30.3 Å². The first kappa shape index (κ1) is 20.8. The summed E-state index contributed by atoms with van der Waals surface area (Å²) >= 11 is 0. The summed E-state index contributed by atoms with van der Waals surface area (Å²) in [6.45, 7) is 0. The maximum absolute atomic E-state index is 13.5. The van der Waals surface area contributed by atoms with Crippen molar-refractivity contribution in [3.63, 3.8) is 0 Å². The maximum Gasteiger partial charge on any atom is 0.343 e. The van der Waals surface area contributed by atoms with Crippen LogP contribution in [0.2, 0.25) is 0 Å². The van der Waals surface area contributed by atoms with Crippen LogP contribution in [0.3, 0.4) is 0 Å². The molecule has 2 bridgehead atoms. The molecule has 2 aliphatic heterocycles. The van der Waals surface area contributed by atoms with Crippen LogP contribution in [0.5, 0.6) is 0 Å². The van der Waals surface area contributed by atoms with Crippen LogP contribution < -0.4 is 0 Å². The summed E-state index contributed by atoms with van der Waals surface area (Å²) in [5.74, 6) is -0.536. The predicted molar refractivity (Wildman–Crippen MR) is 111 cm³/mol. The van der Waals surface area contributed by atoms with E-state index in [1.54, 1.807) is 7.11 Å². The number of aliphatic hydroxyl groups is 1. The molecule has 5 atom stereocenters. The van der Waals surface area contributed by atoms with E-state index in [0.29, 0.717) is 17.6 Å². The Hall–Kier alpha value is -1.43. The van der Waals surface area contributed by atoms with Crippen molar-refractivity contribution >= 4 is 5.97 Å². The topological polar surface area (TPSA) is 55.8 Å². The Labute approximate surface area is 174 Å². The fraction of sp³-hybridized carbons (Fsp3) is 0.708. The van der Waals surface area contributed by atoms with Crippen LogP contribution >= 0.6 is 0 Å². The predicted octanol–water partition coefficient (Wildman–Crippen LogP) is 3.39. The van der Waals surface area contributed by atoms with Crippen molar-refractivity contribution in [2.45, 2.75) is 81.3 Å². The van der Waals surface area contributed by atoms with Gasteiger partial charge >= 0.3 is 5.97 Å². The second kappa shape index (κ2) is 8.01. The molecule has 4 rings (SSSR count). The highest BCUT2D eigenvalue weighted by Crippen LogP contribution is 2.44. The quantitative estimate of drug-likeness (QED) is 0.606. The zero-order valence-electron chi connectivity index (χ0n) is 18.0. The number of carbonyl (C=O) groups excluding carboxylic acids is 1. The van der Waals surface area contributed by atoms with Crippen molar-refractivity contribution in [2.75, 3.05) is 21.2 Å². The van der Waals surface area contributed by atoms with Crippen molar-refractivity contribution in [2.24, 2.45) is 5.92 Å². The molecule has 1 N–H and O–H groups in total. The SMILES string of the molecule is COC1C[C@H]2CC(OC(=O)C(O)(c3ccccc3)C3CCCCC3)C[C@@H]1[N+]2(C)C. The van der Waals surface area contributed by atoms with E-state index >= 15 is 0 Å². The molecule has 160 valence electrons. The van der Waals surface area contributed by atoms with Crippen LogP contribution in [0, 0.1) is 5.92 Å². The molecule has 1 aliphatic carbocycles. The summed E-state index contributed by atoms with van der Waals surface area (Å²) in [5.41, 5.74) is -0.884. The number of likely N-dealkylation sites (N-methyl/N-ethyl adjacent to an activating group) is 1. The van der Waals surface area contributed by atoms with Crippen LogP contribution in [0.25, 0.3) is 0 Å². The average Bonchev–Trinajstić information content (AvgIpc) is 2.87. The molecule has 3 fully saturated rings. The van der Waals surface area contributed by atoms with Crippen molar-refractivity contribution in [1.29, 1.82) is 0 Å². The van der Waals surface area contributed by atoms with Crippen molar-refractivity contribution in [3.05, 3.63) is 35.9 Å². The Morgan fingerprint density at radius 2 is 1.76 bits per heavy atom. The zero-order valence-corrected chi connectivity index (χ0v) is 18.0. The number of rotatable bonds is 5. The third kappa shape index (κ3) is 3.62. The summed E-state index contributed by atoms with van der Waals surface area (Å²) in [4.78, 5) is 13.5. The molecule has 29 heavy (non-hydrogen) atoms. The third-order valence-electron chi connectivity index (χ3n) is 8.07. The molecule has 0 spiro atoms. The number of hydrogen-bond acceptors (Lipinski definition) is 4. The fourth-order valence-corrected chi connectivity index (χ4v) is 6.18. The lowest BCUT2D eigenvalue weighted by atomic mass is 9.73. The molecule has 0 aromatic heterocycles. The highest BCUT2D eigenvalue weighted by molar-refractivity contribution is 5.81. The van der Waals surface area contributed by atoms with Crippen LogP contribution in [0.15, 0.2) is 30.3 Å². The molecule has 0 amide bonds. The summed E-state index contributed by atoms with van der Waals surface area (Å²) in [6.07, 6.45) is 7.73. The summed E-state index contributed by atoms with van der Waals surface area (Å²) < 4.78 is 12.7. The van der Waals surface area contributed by atoms with E-state index in [2.05, 4.69) is 14.1 Å². The van der Waals surface area contributed by atoms with Gasteiger partial charge in [0.1, 0.15) is 18.2 Å². The van der Waals surface area contributed by atoms with E-state index < -0.39 is 11.6 Å². The van der Waals surface area contributed by atoms with E-state index in [4.69, 9.17) is 9.47 Å². The molecule has 1 aromatic rings.